The zero-order valence-electron chi connectivity index (χ0n) is 15.5. The fraction of sp³-hybridized carbons (Fsp3) is 0.650. The van der Waals surface area contributed by atoms with E-state index < -0.39 is 5.60 Å². The summed E-state index contributed by atoms with van der Waals surface area (Å²) in [7, 11) is 4.28. The number of carbonyl (C=O) groups is 1. The van der Waals surface area contributed by atoms with Crippen molar-refractivity contribution < 1.29 is 9.90 Å². The van der Waals surface area contributed by atoms with Crippen molar-refractivity contribution in [3.63, 3.8) is 0 Å². The Kier molecular flexibility index (Phi) is 5.64. The molecule has 0 radical (unpaired) electrons. The largest absolute Gasteiger partial charge is 0.380 e. The minimum absolute atomic E-state index is 0.262. The lowest BCUT2D eigenvalue weighted by Crippen LogP contribution is -2.40. The van der Waals surface area contributed by atoms with Crippen molar-refractivity contribution in [2.75, 3.05) is 43.9 Å². The van der Waals surface area contributed by atoms with Crippen LogP contribution in [-0.2, 0) is 4.79 Å². The number of benzene rings is 1. The predicted molar refractivity (Wildman–Crippen MR) is 102 cm³/mol. The van der Waals surface area contributed by atoms with Crippen molar-refractivity contribution in [2.24, 2.45) is 5.92 Å². The number of anilines is 2. The van der Waals surface area contributed by atoms with Gasteiger partial charge < -0.3 is 20.2 Å². The molecule has 2 N–H and O–H groups in total. The Morgan fingerprint density at radius 1 is 1.20 bits per heavy atom. The Balaban J connectivity index is 1.53. The number of nitrogens with one attached hydrogen (secondary N) is 1. The number of aliphatic hydroxyl groups is 1. The molecule has 0 unspecified atom stereocenters. The summed E-state index contributed by atoms with van der Waals surface area (Å²) in [5.74, 6) is 0.527. The number of rotatable bonds is 5. The predicted octanol–water partition coefficient (Wildman–Crippen LogP) is 2.71. The second-order valence-electron chi connectivity index (χ2n) is 7.93. The van der Waals surface area contributed by atoms with Crippen molar-refractivity contribution >= 4 is 17.3 Å². The van der Waals surface area contributed by atoms with Crippen LogP contribution >= 0.6 is 0 Å². The van der Waals surface area contributed by atoms with E-state index in [4.69, 9.17) is 0 Å². The highest BCUT2D eigenvalue weighted by atomic mass is 16.3. The lowest BCUT2D eigenvalue weighted by Gasteiger charge is -2.34. The molecule has 0 atom stereocenters. The molecule has 0 spiro atoms. The number of hydrogen-bond acceptors (Lipinski definition) is 4. The molecule has 3 rings (SSSR count). The smallest absolute Gasteiger partial charge is 0.256 e. The van der Waals surface area contributed by atoms with Crippen molar-refractivity contribution in [2.45, 2.75) is 44.1 Å². The van der Waals surface area contributed by atoms with Crippen LogP contribution in [0.15, 0.2) is 24.3 Å². The molecule has 0 aromatic heterocycles. The average Bonchev–Trinajstić information content (AvgIpc) is 3.04. The fourth-order valence-corrected chi connectivity index (χ4v) is 4.08. The maximum atomic E-state index is 12.3. The highest BCUT2D eigenvalue weighted by Crippen LogP contribution is 2.31. The van der Waals surface area contributed by atoms with E-state index in [1.54, 1.807) is 0 Å². The highest BCUT2D eigenvalue weighted by molar-refractivity contribution is 5.97. The molecule has 138 valence electrons. The molecule has 1 aromatic rings. The Hall–Kier alpha value is -1.59. The average molecular weight is 345 g/mol. The van der Waals surface area contributed by atoms with Crippen LogP contribution in [0.3, 0.4) is 0 Å². The van der Waals surface area contributed by atoms with E-state index in [1.807, 2.05) is 12.1 Å². The summed E-state index contributed by atoms with van der Waals surface area (Å²) in [4.78, 5) is 17.0. The molecular weight excluding hydrogens is 314 g/mol. The standard InChI is InChI=1S/C20H31N3O2/c1-22(2)15-16-9-13-23(14-10-16)18-7-5-17(6-8-18)21-19(24)20(25)11-3-4-12-20/h5-8,16,25H,3-4,9-15H2,1-2H3,(H,21,24). The third-order valence-electron chi connectivity index (χ3n) is 5.58. The Labute approximate surface area is 151 Å². The maximum Gasteiger partial charge on any atom is 0.256 e. The van der Waals surface area contributed by atoms with Crippen LogP contribution in [0.5, 0.6) is 0 Å². The molecule has 2 fully saturated rings. The van der Waals surface area contributed by atoms with Crippen molar-refractivity contribution in [1.82, 2.24) is 4.90 Å². The first-order valence-corrected chi connectivity index (χ1v) is 9.50. The second kappa shape index (κ2) is 7.75. The van der Waals surface area contributed by atoms with Gasteiger partial charge in [-0.25, -0.2) is 0 Å². The second-order valence-corrected chi connectivity index (χ2v) is 7.93. The fourth-order valence-electron chi connectivity index (χ4n) is 4.08. The van der Waals surface area contributed by atoms with Gasteiger partial charge in [0.15, 0.2) is 0 Å². The lowest BCUT2D eigenvalue weighted by molar-refractivity contribution is -0.133. The zero-order chi connectivity index (χ0) is 17.9. The van der Waals surface area contributed by atoms with Gasteiger partial charge in [0, 0.05) is 31.0 Å². The minimum Gasteiger partial charge on any atom is -0.380 e. The first-order chi connectivity index (χ1) is 12.0. The van der Waals surface area contributed by atoms with E-state index in [-0.39, 0.29) is 5.91 Å². The first-order valence-electron chi connectivity index (χ1n) is 9.50. The Morgan fingerprint density at radius 3 is 2.36 bits per heavy atom. The van der Waals surface area contributed by atoms with Crippen LogP contribution < -0.4 is 10.2 Å². The van der Waals surface area contributed by atoms with E-state index in [2.05, 4.69) is 41.3 Å². The summed E-state index contributed by atoms with van der Waals surface area (Å²) in [6.07, 6.45) is 5.43. The lowest BCUT2D eigenvalue weighted by atomic mass is 9.96. The van der Waals surface area contributed by atoms with Crippen LogP contribution in [0.4, 0.5) is 11.4 Å². The molecule has 1 saturated heterocycles. The molecule has 2 aliphatic rings. The van der Waals surface area contributed by atoms with Gasteiger partial charge in [-0.2, -0.15) is 0 Å². The normalized spacial score (nSPS) is 20.9. The van der Waals surface area contributed by atoms with Gasteiger partial charge in [-0.15, -0.1) is 0 Å². The quantitative estimate of drug-likeness (QED) is 0.861. The van der Waals surface area contributed by atoms with Gasteiger partial charge in [0.1, 0.15) is 5.60 Å². The Bertz CT molecular complexity index is 571. The summed E-state index contributed by atoms with van der Waals surface area (Å²) in [6.45, 7) is 3.34. The van der Waals surface area contributed by atoms with E-state index >= 15 is 0 Å². The van der Waals surface area contributed by atoms with Crippen LogP contribution in [0.2, 0.25) is 0 Å². The van der Waals surface area contributed by atoms with Gasteiger partial charge in [-0.05, 0) is 82.8 Å². The summed E-state index contributed by atoms with van der Waals surface area (Å²) in [5.41, 5.74) is 0.796. The van der Waals surface area contributed by atoms with Crippen molar-refractivity contribution in [3.8, 4) is 0 Å². The van der Waals surface area contributed by atoms with Crippen LogP contribution in [0.1, 0.15) is 38.5 Å². The SMILES string of the molecule is CN(C)CC1CCN(c2ccc(NC(=O)C3(O)CCCC3)cc2)CC1. The van der Waals surface area contributed by atoms with Crippen molar-refractivity contribution in [1.29, 1.82) is 0 Å². The topological polar surface area (TPSA) is 55.8 Å². The number of nitrogens with zero attached hydrogens (tertiary/aromatic N) is 2. The minimum atomic E-state index is -1.17. The molecule has 1 heterocycles. The maximum absolute atomic E-state index is 12.3. The number of carbonyl (C=O) groups excluding carboxylic acids is 1. The molecule has 1 saturated carbocycles. The van der Waals surface area contributed by atoms with E-state index in [0.717, 1.165) is 37.5 Å². The van der Waals surface area contributed by atoms with Gasteiger partial charge in [0.05, 0.1) is 0 Å². The number of amides is 1. The summed E-state index contributed by atoms with van der Waals surface area (Å²) >= 11 is 0. The summed E-state index contributed by atoms with van der Waals surface area (Å²) < 4.78 is 0. The first kappa shape index (κ1) is 18.2. The van der Waals surface area contributed by atoms with Gasteiger partial charge in [-0.1, -0.05) is 0 Å². The van der Waals surface area contributed by atoms with Gasteiger partial charge in [0.25, 0.3) is 5.91 Å². The highest BCUT2D eigenvalue weighted by Gasteiger charge is 2.38. The van der Waals surface area contributed by atoms with Gasteiger partial charge in [0.2, 0.25) is 0 Å². The van der Waals surface area contributed by atoms with E-state index in [0.29, 0.717) is 12.8 Å². The van der Waals surface area contributed by atoms with Gasteiger partial charge in [-0.3, -0.25) is 4.79 Å². The van der Waals surface area contributed by atoms with Gasteiger partial charge >= 0.3 is 0 Å². The summed E-state index contributed by atoms with van der Waals surface area (Å²) in [5, 5.41) is 13.2. The number of piperidine rings is 1. The number of hydrogen-bond donors (Lipinski definition) is 2. The molecule has 25 heavy (non-hydrogen) atoms. The molecular formula is C20H31N3O2. The van der Waals surface area contributed by atoms with Crippen molar-refractivity contribution in [3.05, 3.63) is 24.3 Å². The molecule has 1 aliphatic carbocycles. The molecule has 5 nitrogen and oxygen atoms in total. The molecule has 1 aliphatic heterocycles. The molecule has 1 aromatic carbocycles. The molecule has 5 heteroatoms. The van der Waals surface area contributed by atoms with Crippen LogP contribution in [0.25, 0.3) is 0 Å². The third kappa shape index (κ3) is 4.53. The van der Waals surface area contributed by atoms with Crippen LogP contribution in [0, 0.1) is 5.92 Å². The summed E-state index contributed by atoms with van der Waals surface area (Å²) in [6, 6.07) is 8.02. The van der Waals surface area contributed by atoms with E-state index in [9.17, 15) is 9.90 Å². The molecule has 1 amide bonds. The molecule has 0 bridgehead atoms. The van der Waals surface area contributed by atoms with Crippen LogP contribution in [-0.4, -0.2) is 55.2 Å². The Morgan fingerprint density at radius 2 is 1.80 bits per heavy atom. The third-order valence-corrected chi connectivity index (χ3v) is 5.58. The monoisotopic (exact) mass is 345 g/mol. The van der Waals surface area contributed by atoms with E-state index in [1.165, 1.54) is 25.1 Å². The zero-order valence-corrected chi connectivity index (χ0v) is 15.5.